The summed E-state index contributed by atoms with van der Waals surface area (Å²) in [5.41, 5.74) is 0. The van der Waals surface area contributed by atoms with E-state index >= 15 is 0 Å². The minimum atomic E-state index is 0.761. The van der Waals surface area contributed by atoms with Crippen LogP contribution in [0.4, 0.5) is 5.13 Å². The van der Waals surface area contributed by atoms with Crippen LogP contribution in [0.3, 0.4) is 0 Å². The molecule has 1 aliphatic rings. The largest absolute Gasteiger partial charge is 0.383 e. The van der Waals surface area contributed by atoms with E-state index in [4.69, 9.17) is 4.74 Å². The molecule has 2 rings (SSSR count). The number of thiazole rings is 1. The Morgan fingerprint density at radius 3 is 3.14 bits per heavy atom. The molecule has 1 saturated heterocycles. The normalized spacial score (nSPS) is 19.7. The van der Waals surface area contributed by atoms with Crippen molar-refractivity contribution in [2.24, 2.45) is 5.92 Å². The number of nitrogens with zero attached hydrogens (tertiary/aromatic N) is 2. The fraction of sp³-hybridized carbons (Fsp3) is 0.812. The number of ether oxygens (including phenoxy) is 1. The number of aromatic nitrogens is 1. The summed E-state index contributed by atoms with van der Waals surface area (Å²) < 4.78 is 5.04. The average molecular weight is 311 g/mol. The number of nitrogens with one attached hydrogen (secondary N) is 1. The quantitative estimate of drug-likeness (QED) is 0.748. The van der Waals surface area contributed by atoms with E-state index in [1.807, 2.05) is 17.5 Å². The second-order valence-electron chi connectivity index (χ2n) is 5.85. The Bertz CT molecular complexity index is 397. The molecular weight excluding hydrogens is 282 g/mol. The summed E-state index contributed by atoms with van der Waals surface area (Å²) in [5.74, 6) is 0.926. The van der Waals surface area contributed by atoms with Crippen LogP contribution in [0.5, 0.6) is 0 Å². The van der Waals surface area contributed by atoms with Crippen molar-refractivity contribution in [3.63, 3.8) is 0 Å². The van der Waals surface area contributed by atoms with Crippen molar-refractivity contribution in [1.29, 1.82) is 0 Å². The van der Waals surface area contributed by atoms with Crippen molar-refractivity contribution < 1.29 is 4.74 Å². The first kappa shape index (κ1) is 16.7. The van der Waals surface area contributed by atoms with Gasteiger partial charge in [0, 0.05) is 44.4 Å². The Kier molecular flexibility index (Phi) is 7.47. The number of rotatable bonds is 8. The van der Waals surface area contributed by atoms with E-state index in [9.17, 15) is 0 Å². The maximum atomic E-state index is 5.04. The summed E-state index contributed by atoms with van der Waals surface area (Å²) in [4.78, 5) is 8.42. The third-order valence-corrected chi connectivity index (χ3v) is 5.20. The molecule has 0 aliphatic carbocycles. The number of methoxy groups -OCH3 is 1. The Morgan fingerprint density at radius 2 is 2.33 bits per heavy atom. The zero-order valence-corrected chi connectivity index (χ0v) is 14.3. The summed E-state index contributed by atoms with van der Waals surface area (Å²) in [6.07, 6.45) is 8.76. The van der Waals surface area contributed by atoms with Crippen LogP contribution in [-0.2, 0) is 11.3 Å². The minimum Gasteiger partial charge on any atom is -0.383 e. The van der Waals surface area contributed by atoms with Crippen LogP contribution < -0.4 is 10.2 Å². The van der Waals surface area contributed by atoms with Gasteiger partial charge in [-0.3, -0.25) is 0 Å². The fourth-order valence-electron chi connectivity index (χ4n) is 2.96. The van der Waals surface area contributed by atoms with Gasteiger partial charge < -0.3 is 15.0 Å². The highest BCUT2D eigenvalue weighted by Crippen LogP contribution is 2.28. The molecule has 0 radical (unpaired) electrons. The molecule has 2 heterocycles. The Labute approximate surface area is 132 Å². The van der Waals surface area contributed by atoms with Crippen molar-refractivity contribution in [1.82, 2.24) is 10.3 Å². The van der Waals surface area contributed by atoms with Crippen LogP contribution in [0, 0.1) is 5.92 Å². The molecule has 1 aromatic rings. The van der Waals surface area contributed by atoms with E-state index in [-0.39, 0.29) is 0 Å². The van der Waals surface area contributed by atoms with Gasteiger partial charge in [-0.05, 0) is 25.2 Å². The molecule has 21 heavy (non-hydrogen) atoms. The molecule has 1 aromatic heterocycles. The van der Waals surface area contributed by atoms with Gasteiger partial charge in [0.2, 0.25) is 0 Å². The topological polar surface area (TPSA) is 37.4 Å². The summed E-state index contributed by atoms with van der Waals surface area (Å²) in [6, 6.07) is 0. The molecule has 4 nitrogen and oxygen atoms in total. The van der Waals surface area contributed by atoms with Crippen LogP contribution in [0.25, 0.3) is 0 Å². The lowest BCUT2D eigenvalue weighted by Gasteiger charge is -2.19. The van der Waals surface area contributed by atoms with Crippen LogP contribution in [0.1, 0.15) is 43.9 Å². The summed E-state index contributed by atoms with van der Waals surface area (Å²) in [5, 5.41) is 4.59. The van der Waals surface area contributed by atoms with Gasteiger partial charge in [-0.25, -0.2) is 4.98 Å². The van der Waals surface area contributed by atoms with Crippen molar-refractivity contribution in [2.75, 3.05) is 38.3 Å². The lowest BCUT2D eigenvalue weighted by Crippen LogP contribution is -2.23. The first-order chi connectivity index (χ1) is 10.3. The van der Waals surface area contributed by atoms with Gasteiger partial charge >= 0.3 is 0 Å². The molecule has 0 spiro atoms. The van der Waals surface area contributed by atoms with E-state index in [2.05, 4.69) is 22.1 Å². The molecule has 1 unspecified atom stereocenters. The van der Waals surface area contributed by atoms with Gasteiger partial charge in [-0.15, -0.1) is 11.3 Å². The Hall–Kier alpha value is -0.650. The summed E-state index contributed by atoms with van der Waals surface area (Å²) in [7, 11) is 1.73. The predicted molar refractivity (Wildman–Crippen MR) is 90.2 cm³/mol. The molecule has 1 aliphatic heterocycles. The van der Waals surface area contributed by atoms with Crippen molar-refractivity contribution in [3.05, 3.63) is 11.1 Å². The highest BCUT2D eigenvalue weighted by atomic mass is 32.1. The Morgan fingerprint density at radius 1 is 1.43 bits per heavy atom. The van der Waals surface area contributed by atoms with Crippen LogP contribution in [-0.4, -0.2) is 38.3 Å². The lowest BCUT2D eigenvalue weighted by atomic mass is 9.96. The molecule has 0 bridgehead atoms. The first-order valence-corrected chi connectivity index (χ1v) is 9.04. The molecule has 0 saturated carbocycles. The molecule has 0 aromatic carbocycles. The maximum absolute atomic E-state index is 5.04. The van der Waals surface area contributed by atoms with Crippen LogP contribution >= 0.6 is 11.3 Å². The highest BCUT2D eigenvalue weighted by Gasteiger charge is 2.18. The van der Waals surface area contributed by atoms with Crippen LogP contribution in [0.15, 0.2) is 6.20 Å². The van der Waals surface area contributed by atoms with E-state index in [1.165, 1.54) is 55.2 Å². The van der Waals surface area contributed by atoms with Crippen molar-refractivity contribution in [2.45, 2.75) is 45.6 Å². The zero-order chi connectivity index (χ0) is 14.9. The van der Waals surface area contributed by atoms with Crippen LogP contribution in [0.2, 0.25) is 0 Å². The van der Waals surface area contributed by atoms with E-state index in [1.54, 1.807) is 7.11 Å². The number of hydrogen-bond acceptors (Lipinski definition) is 5. The Balaban J connectivity index is 1.80. The second-order valence-corrected chi connectivity index (χ2v) is 6.95. The third-order valence-electron chi connectivity index (χ3n) is 4.14. The summed E-state index contributed by atoms with van der Waals surface area (Å²) in [6.45, 7) is 7.20. The first-order valence-electron chi connectivity index (χ1n) is 8.22. The highest BCUT2D eigenvalue weighted by molar-refractivity contribution is 7.15. The SMILES string of the molecule is CCCC1CCCN(c2ncc(CNCCOC)s2)CC1. The molecule has 1 atom stereocenters. The van der Waals surface area contributed by atoms with Gasteiger partial charge in [0.15, 0.2) is 5.13 Å². The monoisotopic (exact) mass is 311 g/mol. The lowest BCUT2D eigenvalue weighted by molar-refractivity contribution is 0.199. The minimum absolute atomic E-state index is 0.761. The van der Waals surface area contributed by atoms with E-state index in [0.29, 0.717) is 0 Å². The molecule has 0 amide bonds. The fourth-order valence-corrected chi connectivity index (χ4v) is 3.90. The smallest absolute Gasteiger partial charge is 0.185 e. The molecule has 5 heteroatoms. The van der Waals surface area contributed by atoms with E-state index < -0.39 is 0 Å². The number of hydrogen-bond donors (Lipinski definition) is 1. The van der Waals surface area contributed by atoms with Gasteiger partial charge in [0.25, 0.3) is 0 Å². The standard InChI is InChI=1S/C16H29N3OS/c1-3-5-14-6-4-9-19(10-7-14)16-18-13-15(21-16)12-17-8-11-20-2/h13-14,17H,3-12H2,1-2H3. The zero-order valence-electron chi connectivity index (χ0n) is 13.4. The van der Waals surface area contributed by atoms with Gasteiger partial charge in [0.05, 0.1) is 6.61 Å². The van der Waals surface area contributed by atoms with E-state index in [0.717, 1.165) is 25.6 Å². The number of anilines is 1. The molecule has 120 valence electrons. The average Bonchev–Trinajstić information content (AvgIpc) is 2.83. The molecule has 1 N–H and O–H groups in total. The van der Waals surface area contributed by atoms with Crippen molar-refractivity contribution in [3.8, 4) is 0 Å². The third kappa shape index (κ3) is 5.57. The molecular formula is C16H29N3OS. The second kappa shape index (κ2) is 9.38. The maximum Gasteiger partial charge on any atom is 0.185 e. The van der Waals surface area contributed by atoms with Crippen molar-refractivity contribution >= 4 is 16.5 Å². The van der Waals surface area contributed by atoms with Gasteiger partial charge in [0.1, 0.15) is 0 Å². The van der Waals surface area contributed by atoms with Gasteiger partial charge in [-0.2, -0.15) is 0 Å². The molecule has 1 fully saturated rings. The predicted octanol–water partition coefficient (Wildman–Crippen LogP) is 3.29. The van der Waals surface area contributed by atoms with Gasteiger partial charge in [-0.1, -0.05) is 19.8 Å². The summed E-state index contributed by atoms with van der Waals surface area (Å²) >= 11 is 1.83.